The SMILES string of the molecule is CCNC(=NCc1ccccc1OC1CCC1)N(C)CCC1CCOCC1. The monoisotopic (exact) mass is 373 g/mol. The van der Waals surface area contributed by atoms with Crippen LogP contribution >= 0.6 is 0 Å². The molecule has 0 bridgehead atoms. The Morgan fingerprint density at radius 3 is 2.70 bits per heavy atom. The molecule has 0 aromatic heterocycles. The van der Waals surface area contributed by atoms with Crippen molar-refractivity contribution in [3.05, 3.63) is 29.8 Å². The molecule has 1 heterocycles. The lowest BCUT2D eigenvalue weighted by Gasteiger charge is -2.28. The van der Waals surface area contributed by atoms with E-state index in [1.165, 1.54) is 38.5 Å². The third kappa shape index (κ3) is 6.13. The number of aliphatic imine (C=N–C) groups is 1. The van der Waals surface area contributed by atoms with Crippen LogP contribution in [-0.2, 0) is 11.3 Å². The molecule has 1 aromatic rings. The van der Waals surface area contributed by atoms with E-state index in [2.05, 4.69) is 42.4 Å². The lowest BCUT2D eigenvalue weighted by Crippen LogP contribution is -2.40. The van der Waals surface area contributed by atoms with Crippen molar-refractivity contribution < 1.29 is 9.47 Å². The minimum Gasteiger partial charge on any atom is -0.490 e. The maximum atomic E-state index is 6.15. The van der Waals surface area contributed by atoms with E-state index in [0.717, 1.165) is 49.5 Å². The molecule has 0 unspecified atom stereocenters. The fraction of sp³-hybridized carbons (Fsp3) is 0.682. The highest BCUT2D eigenvalue weighted by Crippen LogP contribution is 2.28. The fourth-order valence-electron chi connectivity index (χ4n) is 3.56. The van der Waals surface area contributed by atoms with Crippen molar-refractivity contribution in [1.82, 2.24) is 10.2 Å². The van der Waals surface area contributed by atoms with E-state index < -0.39 is 0 Å². The number of rotatable bonds is 8. The van der Waals surface area contributed by atoms with Crippen LogP contribution in [0.2, 0.25) is 0 Å². The van der Waals surface area contributed by atoms with E-state index in [1.807, 2.05) is 6.07 Å². The summed E-state index contributed by atoms with van der Waals surface area (Å²) in [6.07, 6.45) is 7.61. The average Bonchev–Trinajstić information content (AvgIpc) is 2.67. The van der Waals surface area contributed by atoms with Gasteiger partial charge in [0.2, 0.25) is 0 Å². The molecule has 0 spiro atoms. The maximum Gasteiger partial charge on any atom is 0.193 e. The predicted octanol–water partition coefficient (Wildman–Crippen LogP) is 3.83. The van der Waals surface area contributed by atoms with Crippen LogP contribution in [0.5, 0.6) is 5.75 Å². The molecule has 1 aromatic carbocycles. The Labute approximate surface area is 164 Å². The zero-order valence-electron chi connectivity index (χ0n) is 17.0. The van der Waals surface area contributed by atoms with Gasteiger partial charge in [0.1, 0.15) is 5.75 Å². The molecule has 150 valence electrons. The van der Waals surface area contributed by atoms with Crippen LogP contribution < -0.4 is 10.1 Å². The van der Waals surface area contributed by atoms with Crippen molar-refractivity contribution >= 4 is 5.96 Å². The van der Waals surface area contributed by atoms with Gasteiger partial charge in [-0.05, 0) is 57.4 Å². The quantitative estimate of drug-likeness (QED) is 0.556. The highest BCUT2D eigenvalue weighted by atomic mass is 16.5. The molecule has 1 saturated carbocycles. The zero-order valence-corrected chi connectivity index (χ0v) is 17.0. The standard InChI is InChI=1S/C22H35N3O2/c1-3-23-22(25(2)14-11-18-12-15-26-16-13-18)24-17-19-7-4-5-10-21(19)27-20-8-6-9-20/h4-5,7,10,18,20H,3,6,8-9,11-17H2,1-2H3,(H,23,24). The molecule has 0 atom stereocenters. The largest absolute Gasteiger partial charge is 0.490 e. The van der Waals surface area contributed by atoms with Crippen molar-refractivity contribution in [2.24, 2.45) is 10.9 Å². The molecule has 1 N–H and O–H groups in total. The van der Waals surface area contributed by atoms with Gasteiger partial charge in [0.15, 0.2) is 5.96 Å². The molecular weight excluding hydrogens is 338 g/mol. The van der Waals surface area contributed by atoms with Gasteiger partial charge >= 0.3 is 0 Å². The Kier molecular flexibility index (Phi) is 7.81. The predicted molar refractivity (Wildman–Crippen MR) is 110 cm³/mol. The summed E-state index contributed by atoms with van der Waals surface area (Å²) in [7, 11) is 2.14. The van der Waals surface area contributed by atoms with Gasteiger partial charge in [-0.15, -0.1) is 0 Å². The fourth-order valence-corrected chi connectivity index (χ4v) is 3.56. The molecule has 5 nitrogen and oxygen atoms in total. The summed E-state index contributed by atoms with van der Waals surface area (Å²) in [5, 5.41) is 3.43. The lowest BCUT2D eigenvalue weighted by molar-refractivity contribution is 0.0625. The molecular formula is C22H35N3O2. The number of ether oxygens (including phenoxy) is 2. The molecule has 1 aliphatic heterocycles. The summed E-state index contributed by atoms with van der Waals surface area (Å²) in [5.74, 6) is 2.75. The number of nitrogens with one attached hydrogen (secondary N) is 1. The Balaban J connectivity index is 1.57. The van der Waals surface area contributed by atoms with Gasteiger partial charge in [0, 0.05) is 38.9 Å². The van der Waals surface area contributed by atoms with Crippen LogP contribution in [-0.4, -0.2) is 50.3 Å². The van der Waals surface area contributed by atoms with Gasteiger partial charge in [0.25, 0.3) is 0 Å². The Hall–Kier alpha value is -1.75. The topological polar surface area (TPSA) is 46.1 Å². The molecule has 27 heavy (non-hydrogen) atoms. The van der Waals surface area contributed by atoms with Crippen LogP contribution in [0.3, 0.4) is 0 Å². The van der Waals surface area contributed by atoms with E-state index in [1.54, 1.807) is 0 Å². The van der Waals surface area contributed by atoms with Crippen LogP contribution in [0.15, 0.2) is 29.3 Å². The Morgan fingerprint density at radius 1 is 1.22 bits per heavy atom. The molecule has 0 amide bonds. The number of hydrogen-bond acceptors (Lipinski definition) is 3. The van der Waals surface area contributed by atoms with Crippen LogP contribution in [0, 0.1) is 5.92 Å². The van der Waals surface area contributed by atoms with Crippen molar-refractivity contribution in [2.45, 2.75) is 58.1 Å². The molecule has 2 fully saturated rings. The van der Waals surface area contributed by atoms with Gasteiger partial charge in [0.05, 0.1) is 12.6 Å². The summed E-state index contributed by atoms with van der Waals surface area (Å²) in [4.78, 5) is 7.14. The first-order valence-corrected chi connectivity index (χ1v) is 10.6. The van der Waals surface area contributed by atoms with E-state index in [-0.39, 0.29) is 0 Å². The zero-order chi connectivity index (χ0) is 18.9. The average molecular weight is 374 g/mol. The van der Waals surface area contributed by atoms with E-state index in [0.29, 0.717) is 12.6 Å². The third-order valence-electron chi connectivity index (χ3n) is 5.63. The lowest BCUT2D eigenvalue weighted by atomic mass is 9.96. The first-order chi connectivity index (χ1) is 13.3. The highest BCUT2D eigenvalue weighted by Gasteiger charge is 2.20. The minimum absolute atomic E-state index is 0.394. The van der Waals surface area contributed by atoms with E-state index >= 15 is 0 Å². The number of benzene rings is 1. The summed E-state index contributed by atoms with van der Waals surface area (Å²) in [6.45, 7) is 6.50. The molecule has 2 aliphatic rings. The molecule has 3 rings (SSSR count). The van der Waals surface area contributed by atoms with Gasteiger partial charge < -0.3 is 19.7 Å². The second kappa shape index (κ2) is 10.5. The van der Waals surface area contributed by atoms with Crippen molar-refractivity contribution in [1.29, 1.82) is 0 Å². The smallest absolute Gasteiger partial charge is 0.193 e. The maximum absolute atomic E-state index is 6.15. The highest BCUT2D eigenvalue weighted by molar-refractivity contribution is 5.79. The summed E-state index contributed by atoms with van der Waals surface area (Å²) in [6, 6.07) is 8.32. The molecule has 1 aliphatic carbocycles. The second-order valence-corrected chi connectivity index (χ2v) is 7.71. The van der Waals surface area contributed by atoms with Crippen molar-refractivity contribution in [3.63, 3.8) is 0 Å². The van der Waals surface area contributed by atoms with Gasteiger partial charge in [-0.2, -0.15) is 0 Å². The number of para-hydroxylation sites is 1. The first-order valence-electron chi connectivity index (χ1n) is 10.6. The van der Waals surface area contributed by atoms with Gasteiger partial charge in [-0.3, -0.25) is 0 Å². The normalized spacial score (nSPS) is 18.8. The van der Waals surface area contributed by atoms with E-state index in [9.17, 15) is 0 Å². The number of guanidine groups is 1. The molecule has 1 saturated heterocycles. The van der Waals surface area contributed by atoms with Crippen LogP contribution in [0.4, 0.5) is 0 Å². The number of nitrogens with zero attached hydrogens (tertiary/aromatic N) is 2. The first kappa shape index (κ1) is 20.0. The van der Waals surface area contributed by atoms with Crippen LogP contribution in [0.25, 0.3) is 0 Å². The summed E-state index contributed by atoms with van der Waals surface area (Å²) >= 11 is 0. The van der Waals surface area contributed by atoms with E-state index in [4.69, 9.17) is 14.5 Å². The summed E-state index contributed by atoms with van der Waals surface area (Å²) < 4.78 is 11.6. The van der Waals surface area contributed by atoms with Crippen LogP contribution in [0.1, 0.15) is 51.0 Å². The minimum atomic E-state index is 0.394. The third-order valence-corrected chi connectivity index (χ3v) is 5.63. The Bertz CT molecular complexity index is 595. The van der Waals surface area contributed by atoms with Crippen molar-refractivity contribution in [2.75, 3.05) is 33.4 Å². The van der Waals surface area contributed by atoms with Gasteiger partial charge in [-0.25, -0.2) is 4.99 Å². The molecule has 5 heteroatoms. The van der Waals surface area contributed by atoms with Crippen molar-refractivity contribution in [3.8, 4) is 5.75 Å². The number of hydrogen-bond donors (Lipinski definition) is 1. The molecule has 0 radical (unpaired) electrons. The Morgan fingerprint density at radius 2 is 2.00 bits per heavy atom. The van der Waals surface area contributed by atoms with Gasteiger partial charge in [-0.1, -0.05) is 18.2 Å². The second-order valence-electron chi connectivity index (χ2n) is 7.71. The summed E-state index contributed by atoms with van der Waals surface area (Å²) in [5.41, 5.74) is 1.16.